The Labute approximate surface area is 223 Å². The summed E-state index contributed by atoms with van der Waals surface area (Å²) >= 11 is 0. The monoisotopic (exact) mass is 512 g/mol. The molecule has 3 aromatic rings. The molecule has 0 bridgehead atoms. The molecule has 0 unspecified atom stereocenters. The summed E-state index contributed by atoms with van der Waals surface area (Å²) in [5.74, 6) is -2.38. The maximum Gasteiger partial charge on any atom is 0.313 e. The van der Waals surface area contributed by atoms with Crippen molar-refractivity contribution in [2.75, 3.05) is 12.0 Å². The minimum absolute atomic E-state index is 0.275. The van der Waals surface area contributed by atoms with E-state index in [9.17, 15) is 19.2 Å². The Hall–Kier alpha value is -4.26. The Kier molecular flexibility index (Phi) is 7.49. The predicted octanol–water partition coefficient (Wildman–Crippen LogP) is 5.28. The van der Waals surface area contributed by atoms with Gasteiger partial charge in [0, 0.05) is 5.69 Å². The quantitative estimate of drug-likeness (QED) is 0.303. The number of para-hydroxylation sites is 1. The third kappa shape index (κ3) is 4.60. The number of benzene rings is 3. The highest BCUT2D eigenvalue weighted by atomic mass is 16.5. The second-order valence-electron chi connectivity index (χ2n) is 10.3. The van der Waals surface area contributed by atoms with Crippen LogP contribution in [0.1, 0.15) is 60.0 Å². The zero-order valence-corrected chi connectivity index (χ0v) is 22.3. The van der Waals surface area contributed by atoms with Crippen LogP contribution in [-0.4, -0.2) is 41.7 Å². The smallest absolute Gasteiger partial charge is 0.313 e. The number of ether oxygens (including phenoxy) is 1. The lowest BCUT2D eigenvalue weighted by Crippen LogP contribution is -2.56. The maximum atomic E-state index is 14.7. The largest absolute Gasteiger partial charge is 0.469 e. The van der Waals surface area contributed by atoms with Crippen molar-refractivity contribution in [1.82, 2.24) is 4.90 Å². The molecule has 0 fully saturated rings. The van der Waals surface area contributed by atoms with Crippen LogP contribution in [0, 0.1) is 11.3 Å². The molecule has 1 heterocycles. The molecular weight excluding hydrogens is 480 g/mol. The molecule has 0 aliphatic carbocycles. The van der Waals surface area contributed by atoms with Crippen molar-refractivity contribution in [3.05, 3.63) is 102 Å². The van der Waals surface area contributed by atoms with Gasteiger partial charge in [0.25, 0.3) is 17.7 Å². The van der Waals surface area contributed by atoms with Gasteiger partial charge in [-0.2, -0.15) is 0 Å². The number of anilines is 1. The van der Waals surface area contributed by atoms with Gasteiger partial charge < -0.3 is 9.64 Å². The molecule has 0 saturated carbocycles. The molecule has 1 aliphatic heterocycles. The van der Waals surface area contributed by atoms with Crippen LogP contribution >= 0.6 is 0 Å². The number of hydrogen-bond acceptors (Lipinski definition) is 5. The van der Waals surface area contributed by atoms with Crippen molar-refractivity contribution >= 4 is 29.4 Å². The van der Waals surface area contributed by atoms with Gasteiger partial charge in [-0.3, -0.25) is 24.1 Å². The predicted molar refractivity (Wildman–Crippen MR) is 144 cm³/mol. The summed E-state index contributed by atoms with van der Waals surface area (Å²) in [6, 6.07) is 22.9. The van der Waals surface area contributed by atoms with Gasteiger partial charge in [-0.05, 0) is 49.6 Å². The van der Waals surface area contributed by atoms with E-state index in [2.05, 4.69) is 0 Å². The zero-order chi connectivity index (χ0) is 27.6. The number of hydrogen-bond donors (Lipinski definition) is 0. The van der Waals surface area contributed by atoms with Gasteiger partial charge in [-0.25, -0.2) is 0 Å². The zero-order valence-electron chi connectivity index (χ0n) is 22.3. The van der Waals surface area contributed by atoms with E-state index in [1.54, 1.807) is 81.1 Å². The summed E-state index contributed by atoms with van der Waals surface area (Å²) in [4.78, 5) is 57.4. The number of methoxy groups -OCH3 is 1. The summed E-state index contributed by atoms with van der Waals surface area (Å²) in [7, 11) is 1.32. The first-order chi connectivity index (χ1) is 18.1. The Balaban J connectivity index is 1.91. The number of rotatable bonds is 8. The molecule has 3 aromatic carbocycles. The van der Waals surface area contributed by atoms with Crippen LogP contribution in [0.3, 0.4) is 0 Å². The standard InChI is InChI=1S/C31H32N2O5/c1-20(2)25(33-27(34)23-18-12-13-19-24(23)28(33)35)29(36)32(22-16-10-7-11-17-22)26(21-14-8-6-9-15-21)31(3,4)30(37)38-5/h6-20,25-26H,1-5H3/t25-,26-/m0/s1. The average Bonchev–Trinajstić information content (AvgIpc) is 3.17. The molecular formula is C31H32N2O5. The Morgan fingerprint density at radius 3 is 1.74 bits per heavy atom. The van der Waals surface area contributed by atoms with Crippen molar-refractivity contribution in [1.29, 1.82) is 0 Å². The summed E-state index contributed by atoms with van der Waals surface area (Å²) in [6.45, 7) is 7.06. The number of carbonyl (C=O) groups is 4. The third-order valence-corrected chi connectivity index (χ3v) is 7.03. The van der Waals surface area contributed by atoms with Crippen molar-refractivity contribution < 1.29 is 23.9 Å². The van der Waals surface area contributed by atoms with Gasteiger partial charge in [0.2, 0.25) is 0 Å². The number of esters is 1. The molecule has 3 amide bonds. The van der Waals surface area contributed by atoms with Gasteiger partial charge in [-0.15, -0.1) is 0 Å². The summed E-state index contributed by atoms with van der Waals surface area (Å²) in [5.41, 5.74) is 0.606. The molecule has 4 rings (SSSR count). The molecule has 0 spiro atoms. The first kappa shape index (κ1) is 26.8. The lowest BCUT2D eigenvalue weighted by atomic mass is 9.78. The summed E-state index contributed by atoms with van der Waals surface area (Å²) in [5, 5.41) is 0. The fourth-order valence-electron chi connectivity index (χ4n) is 5.19. The van der Waals surface area contributed by atoms with Gasteiger partial charge in [0.1, 0.15) is 6.04 Å². The second-order valence-corrected chi connectivity index (χ2v) is 10.3. The van der Waals surface area contributed by atoms with Gasteiger partial charge in [0.15, 0.2) is 0 Å². The molecule has 0 aromatic heterocycles. The minimum Gasteiger partial charge on any atom is -0.469 e. The molecule has 7 nitrogen and oxygen atoms in total. The number of amides is 3. The van der Waals surface area contributed by atoms with Crippen LogP contribution in [0.2, 0.25) is 0 Å². The maximum absolute atomic E-state index is 14.7. The number of imide groups is 1. The van der Waals surface area contributed by atoms with Crippen LogP contribution in [0.5, 0.6) is 0 Å². The molecule has 2 atom stereocenters. The van der Waals surface area contributed by atoms with Crippen molar-refractivity contribution in [3.8, 4) is 0 Å². The topological polar surface area (TPSA) is 84.0 Å². The molecule has 0 saturated heterocycles. The van der Waals surface area contributed by atoms with E-state index in [4.69, 9.17) is 4.74 Å². The molecule has 196 valence electrons. The van der Waals surface area contributed by atoms with E-state index in [-0.39, 0.29) is 11.1 Å². The lowest BCUT2D eigenvalue weighted by Gasteiger charge is -2.43. The van der Waals surface area contributed by atoms with E-state index >= 15 is 0 Å². The molecule has 7 heteroatoms. The van der Waals surface area contributed by atoms with Crippen LogP contribution in [0.15, 0.2) is 84.9 Å². The number of carbonyl (C=O) groups excluding carboxylic acids is 4. The van der Waals surface area contributed by atoms with Crippen LogP contribution in [0.25, 0.3) is 0 Å². The van der Waals surface area contributed by atoms with Crippen molar-refractivity contribution in [3.63, 3.8) is 0 Å². The highest BCUT2D eigenvalue weighted by Gasteiger charge is 2.50. The third-order valence-electron chi connectivity index (χ3n) is 7.03. The molecule has 38 heavy (non-hydrogen) atoms. The average molecular weight is 513 g/mol. The first-order valence-corrected chi connectivity index (χ1v) is 12.6. The van der Waals surface area contributed by atoms with Gasteiger partial charge in [-0.1, -0.05) is 74.5 Å². The Morgan fingerprint density at radius 1 is 0.789 bits per heavy atom. The second kappa shape index (κ2) is 10.6. The van der Waals surface area contributed by atoms with Gasteiger partial charge >= 0.3 is 5.97 Å². The lowest BCUT2D eigenvalue weighted by molar-refractivity contribution is -0.152. The fraction of sp³-hybridized carbons (Fsp3) is 0.290. The normalized spacial score (nSPS) is 14.7. The summed E-state index contributed by atoms with van der Waals surface area (Å²) in [6.07, 6.45) is 0. The SMILES string of the molecule is COC(=O)C(C)(C)[C@H](c1ccccc1)N(C(=O)[C@H](C(C)C)N1C(=O)c2ccccc2C1=O)c1ccccc1. The van der Waals surface area contributed by atoms with E-state index in [0.717, 1.165) is 4.90 Å². The van der Waals surface area contributed by atoms with E-state index in [0.29, 0.717) is 11.3 Å². The van der Waals surface area contributed by atoms with E-state index in [1.165, 1.54) is 7.11 Å². The fourth-order valence-corrected chi connectivity index (χ4v) is 5.19. The Morgan fingerprint density at radius 2 is 1.26 bits per heavy atom. The highest BCUT2D eigenvalue weighted by Crippen LogP contribution is 2.43. The molecule has 0 radical (unpaired) electrons. The van der Waals surface area contributed by atoms with Crippen molar-refractivity contribution in [2.24, 2.45) is 11.3 Å². The Bertz CT molecular complexity index is 1320. The first-order valence-electron chi connectivity index (χ1n) is 12.6. The minimum atomic E-state index is -1.19. The van der Waals surface area contributed by atoms with Crippen molar-refractivity contribution in [2.45, 2.75) is 39.8 Å². The summed E-state index contributed by atoms with van der Waals surface area (Å²) < 4.78 is 5.17. The van der Waals surface area contributed by atoms with E-state index < -0.39 is 47.1 Å². The van der Waals surface area contributed by atoms with E-state index in [1.807, 2.05) is 36.4 Å². The van der Waals surface area contributed by atoms with Crippen LogP contribution < -0.4 is 4.90 Å². The highest BCUT2D eigenvalue weighted by molar-refractivity contribution is 6.23. The number of fused-ring (bicyclic) bond motifs is 1. The van der Waals surface area contributed by atoms with Crippen LogP contribution in [-0.2, 0) is 14.3 Å². The molecule has 1 aliphatic rings. The molecule has 0 N–H and O–H groups in total. The van der Waals surface area contributed by atoms with Crippen LogP contribution in [0.4, 0.5) is 5.69 Å². The van der Waals surface area contributed by atoms with Gasteiger partial charge in [0.05, 0.1) is 29.7 Å². The number of nitrogens with zero attached hydrogens (tertiary/aromatic N) is 2.